The predicted octanol–water partition coefficient (Wildman–Crippen LogP) is 1.93. The fraction of sp³-hybridized carbons (Fsp3) is 0.500. The zero-order chi connectivity index (χ0) is 16.0. The first-order valence-corrected chi connectivity index (χ1v) is 7.50. The molecular formula is C16H24N4O2. The zero-order valence-corrected chi connectivity index (χ0v) is 13.4. The van der Waals surface area contributed by atoms with E-state index in [1.54, 1.807) is 0 Å². The van der Waals surface area contributed by atoms with Crippen LogP contribution in [0, 0.1) is 0 Å². The molecule has 2 aromatic rings. The first-order valence-electron chi connectivity index (χ1n) is 7.50. The van der Waals surface area contributed by atoms with Gasteiger partial charge in [0.15, 0.2) is 0 Å². The first kappa shape index (κ1) is 16.3. The highest BCUT2D eigenvalue weighted by molar-refractivity contribution is 5.89. The van der Waals surface area contributed by atoms with Gasteiger partial charge in [0.25, 0.3) is 6.47 Å². The van der Waals surface area contributed by atoms with E-state index in [-0.39, 0.29) is 5.60 Å². The Kier molecular flexibility index (Phi) is 5.38. The second-order valence-corrected chi connectivity index (χ2v) is 6.14. The average molecular weight is 304 g/mol. The number of H-pyrrole nitrogens is 1. The standard InChI is InChI=1S/C11H14N4.C5H10O2/c1-2-9-11(13-3-1)10(8-14-9)15-6-4-12-5-7-15;1-5(2,3)7-4-6/h1-3,8,12,14H,4-7H2;4H,1-3H3. The predicted molar refractivity (Wildman–Crippen MR) is 88.1 cm³/mol. The summed E-state index contributed by atoms with van der Waals surface area (Å²) in [6.45, 7) is 10.1. The summed E-state index contributed by atoms with van der Waals surface area (Å²) < 4.78 is 4.55. The minimum absolute atomic E-state index is 0.318. The molecule has 1 aliphatic rings. The molecule has 6 heteroatoms. The van der Waals surface area contributed by atoms with Crippen LogP contribution in [0.4, 0.5) is 5.69 Å². The summed E-state index contributed by atoms with van der Waals surface area (Å²) in [5.74, 6) is 0. The van der Waals surface area contributed by atoms with Crippen LogP contribution in [0.5, 0.6) is 0 Å². The maximum Gasteiger partial charge on any atom is 0.293 e. The van der Waals surface area contributed by atoms with Gasteiger partial charge in [0.05, 0.1) is 11.2 Å². The van der Waals surface area contributed by atoms with Crippen LogP contribution in [0.1, 0.15) is 20.8 Å². The van der Waals surface area contributed by atoms with E-state index in [1.807, 2.05) is 33.0 Å². The number of piperazine rings is 1. The third-order valence-electron chi connectivity index (χ3n) is 3.27. The van der Waals surface area contributed by atoms with E-state index < -0.39 is 0 Å². The van der Waals surface area contributed by atoms with Crippen LogP contribution in [-0.4, -0.2) is 48.2 Å². The van der Waals surface area contributed by atoms with E-state index in [1.165, 1.54) is 5.69 Å². The van der Waals surface area contributed by atoms with Crippen molar-refractivity contribution in [1.82, 2.24) is 15.3 Å². The van der Waals surface area contributed by atoms with Crippen LogP contribution in [0.25, 0.3) is 11.0 Å². The first-order chi connectivity index (χ1) is 10.5. The lowest BCUT2D eigenvalue weighted by Crippen LogP contribution is -2.43. The largest absolute Gasteiger partial charge is 0.462 e. The summed E-state index contributed by atoms with van der Waals surface area (Å²) in [4.78, 5) is 19.7. The second-order valence-electron chi connectivity index (χ2n) is 6.14. The number of nitrogens with zero attached hydrogens (tertiary/aromatic N) is 2. The Balaban J connectivity index is 0.000000217. The fourth-order valence-corrected chi connectivity index (χ4v) is 2.23. The number of hydrogen-bond acceptors (Lipinski definition) is 5. The maximum atomic E-state index is 9.60. The normalized spacial score (nSPS) is 15.1. The zero-order valence-electron chi connectivity index (χ0n) is 13.4. The van der Waals surface area contributed by atoms with E-state index in [0.717, 1.165) is 37.2 Å². The van der Waals surface area contributed by atoms with E-state index in [2.05, 4.69) is 37.2 Å². The topological polar surface area (TPSA) is 70.2 Å². The molecule has 6 nitrogen and oxygen atoms in total. The molecule has 0 atom stereocenters. The molecule has 0 aromatic carbocycles. The van der Waals surface area contributed by atoms with Crippen molar-refractivity contribution in [3.05, 3.63) is 24.5 Å². The van der Waals surface area contributed by atoms with Crippen molar-refractivity contribution < 1.29 is 9.53 Å². The lowest BCUT2D eigenvalue weighted by molar-refractivity contribution is -0.138. The van der Waals surface area contributed by atoms with Crippen LogP contribution >= 0.6 is 0 Å². The summed E-state index contributed by atoms with van der Waals surface area (Å²) >= 11 is 0. The molecule has 0 aliphatic carbocycles. The summed E-state index contributed by atoms with van der Waals surface area (Å²) in [6, 6.07) is 4.02. The quantitative estimate of drug-likeness (QED) is 0.830. The van der Waals surface area contributed by atoms with Crippen LogP contribution in [0.15, 0.2) is 24.5 Å². The lowest BCUT2D eigenvalue weighted by atomic mass is 10.2. The molecule has 0 saturated carbocycles. The number of aromatic amines is 1. The number of pyridine rings is 1. The van der Waals surface area contributed by atoms with Gasteiger partial charge in [-0.25, -0.2) is 0 Å². The van der Waals surface area contributed by atoms with Gasteiger partial charge in [0.1, 0.15) is 11.1 Å². The Morgan fingerprint density at radius 3 is 2.64 bits per heavy atom. The van der Waals surface area contributed by atoms with E-state index in [4.69, 9.17) is 0 Å². The molecule has 1 aliphatic heterocycles. The Bertz CT molecular complexity index is 597. The minimum Gasteiger partial charge on any atom is -0.462 e. The van der Waals surface area contributed by atoms with Gasteiger partial charge in [-0.2, -0.15) is 0 Å². The van der Waals surface area contributed by atoms with Crippen LogP contribution in [-0.2, 0) is 9.53 Å². The van der Waals surface area contributed by atoms with E-state index in [0.29, 0.717) is 6.47 Å². The Morgan fingerprint density at radius 1 is 1.32 bits per heavy atom. The van der Waals surface area contributed by atoms with Gasteiger partial charge < -0.3 is 19.9 Å². The number of fused-ring (bicyclic) bond motifs is 1. The van der Waals surface area contributed by atoms with Crippen molar-refractivity contribution in [2.75, 3.05) is 31.1 Å². The van der Waals surface area contributed by atoms with Crippen molar-refractivity contribution in [3.8, 4) is 0 Å². The number of carbonyl (C=O) groups is 1. The molecule has 3 heterocycles. The maximum absolute atomic E-state index is 9.60. The van der Waals surface area contributed by atoms with Crippen LogP contribution < -0.4 is 10.2 Å². The lowest BCUT2D eigenvalue weighted by Gasteiger charge is -2.28. The molecule has 0 unspecified atom stereocenters. The van der Waals surface area contributed by atoms with Crippen molar-refractivity contribution in [1.29, 1.82) is 0 Å². The van der Waals surface area contributed by atoms with Gasteiger partial charge >= 0.3 is 0 Å². The van der Waals surface area contributed by atoms with Crippen LogP contribution in [0.2, 0.25) is 0 Å². The molecule has 2 aromatic heterocycles. The molecular weight excluding hydrogens is 280 g/mol. The SMILES string of the molecule is CC(C)(C)OC=O.c1cnc2c(N3CCNCC3)c[nH]c2c1. The average Bonchev–Trinajstić information content (AvgIpc) is 2.91. The molecule has 120 valence electrons. The molecule has 22 heavy (non-hydrogen) atoms. The summed E-state index contributed by atoms with van der Waals surface area (Å²) in [5, 5.41) is 3.35. The summed E-state index contributed by atoms with van der Waals surface area (Å²) in [5.41, 5.74) is 3.11. The van der Waals surface area contributed by atoms with Gasteiger partial charge in [-0.05, 0) is 32.9 Å². The fourth-order valence-electron chi connectivity index (χ4n) is 2.23. The highest BCUT2D eigenvalue weighted by Gasteiger charge is 2.14. The highest BCUT2D eigenvalue weighted by Crippen LogP contribution is 2.24. The van der Waals surface area contributed by atoms with Crippen molar-refractivity contribution in [2.45, 2.75) is 26.4 Å². The molecule has 1 fully saturated rings. The van der Waals surface area contributed by atoms with E-state index in [9.17, 15) is 4.79 Å². The van der Waals surface area contributed by atoms with Crippen LogP contribution in [0.3, 0.4) is 0 Å². The molecule has 3 rings (SSSR count). The molecule has 0 spiro atoms. The number of ether oxygens (including phenoxy) is 1. The third-order valence-corrected chi connectivity index (χ3v) is 3.27. The van der Waals surface area contributed by atoms with E-state index >= 15 is 0 Å². The number of carbonyl (C=O) groups excluding carboxylic acids is 1. The highest BCUT2D eigenvalue weighted by atomic mass is 16.5. The smallest absolute Gasteiger partial charge is 0.293 e. The van der Waals surface area contributed by atoms with Crippen molar-refractivity contribution in [2.24, 2.45) is 0 Å². The third kappa shape index (κ3) is 4.46. The van der Waals surface area contributed by atoms with Gasteiger partial charge in [-0.15, -0.1) is 0 Å². The number of nitrogens with one attached hydrogen (secondary N) is 2. The minimum atomic E-state index is -0.318. The Morgan fingerprint density at radius 2 is 2.05 bits per heavy atom. The summed E-state index contributed by atoms with van der Waals surface area (Å²) in [6.07, 6.45) is 3.91. The molecule has 2 N–H and O–H groups in total. The second kappa shape index (κ2) is 7.26. The monoisotopic (exact) mass is 304 g/mol. The van der Waals surface area contributed by atoms with Crippen molar-refractivity contribution >= 4 is 23.2 Å². The number of rotatable bonds is 2. The Labute approximate surface area is 130 Å². The van der Waals surface area contributed by atoms with Gasteiger partial charge in [0.2, 0.25) is 0 Å². The van der Waals surface area contributed by atoms with Crippen molar-refractivity contribution in [3.63, 3.8) is 0 Å². The molecule has 0 bridgehead atoms. The van der Waals surface area contributed by atoms with Gasteiger partial charge in [-0.3, -0.25) is 9.78 Å². The summed E-state index contributed by atoms with van der Waals surface area (Å²) in [7, 11) is 0. The van der Waals surface area contributed by atoms with Gasteiger partial charge in [0, 0.05) is 38.6 Å². The molecule has 0 radical (unpaired) electrons. The number of aromatic nitrogens is 2. The molecule has 0 amide bonds. The number of hydrogen-bond donors (Lipinski definition) is 2. The molecule has 1 saturated heterocycles. The Hall–Kier alpha value is -2.08. The number of anilines is 1. The van der Waals surface area contributed by atoms with Gasteiger partial charge in [-0.1, -0.05) is 0 Å².